The van der Waals surface area contributed by atoms with Gasteiger partial charge in [0, 0.05) is 0 Å². The fraction of sp³-hybridized carbons (Fsp3) is 0.429. The topological polar surface area (TPSA) is 93.4 Å². The van der Waals surface area contributed by atoms with Gasteiger partial charge < -0.3 is 21.1 Å². The maximum absolute atomic E-state index is 12.1. The molecule has 1 atom stereocenters. The number of anilines is 2. The fourth-order valence-electron chi connectivity index (χ4n) is 2.20. The molecule has 1 saturated heterocycles. The first-order chi connectivity index (χ1) is 9.61. The number of nitrogens with two attached hydrogens (primary N) is 1. The van der Waals surface area contributed by atoms with Crippen molar-refractivity contribution >= 4 is 23.3 Å². The first kappa shape index (κ1) is 14.3. The Labute approximate surface area is 117 Å². The van der Waals surface area contributed by atoms with E-state index in [0.29, 0.717) is 16.9 Å². The molecule has 6 nitrogen and oxygen atoms in total. The van der Waals surface area contributed by atoms with Crippen molar-refractivity contribution in [1.29, 1.82) is 0 Å². The number of rotatable bonds is 3. The van der Waals surface area contributed by atoms with Gasteiger partial charge in [0.05, 0.1) is 30.1 Å². The van der Waals surface area contributed by atoms with Gasteiger partial charge >= 0.3 is 5.97 Å². The lowest BCUT2D eigenvalue weighted by Crippen LogP contribution is -2.43. The van der Waals surface area contributed by atoms with Crippen LogP contribution < -0.4 is 16.4 Å². The molecule has 4 N–H and O–H groups in total. The minimum Gasteiger partial charge on any atom is -0.465 e. The van der Waals surface area contributed by atoms with E-state index in [1.165, 1.54) is 13.2 Å². The van der Waals surface area contributed by atoms with Crippen molar-refractivity contribution in [2.45, 2.75) is 25.3 Å². The number of amides is 1. The Morgan fingerprint density at radius 2 is 2.20 bits per heavy atom. The van der Waals surface area contributed by atoms with Crippen LogP contribution in [0.4, 0.5) is 11.4 Å². The summed E-state index contributed by atoms with van der Waals surface area (Å²) < 4.78 is 4.65. The van der Waals surface area contributed by atoms with Crippen molar-refractivity contribution in [1.82, 2.24) is 5.32 Å². The van der Waals surface area contributed by atoms with Crippen LogP contribution in [-0.2, 0) is 9.53 Å². The van der Waals surface area contributed by atoms with E-state index < -0.39 is 5.97 Å². The Morgan fingerprint density at radius 3 is 2.85 bits per heavy atom. The first-order valence-corrected chi connectivity index (χ1v) is 6.64. The summed E-state index contributed by atoms with van der Waals surface area (Å²) in [6.07, 6.45) is 2.93. The lowest BCUT2D eigenvalue weighted by molar-refractivity contribution is -0.118. The van der Waals surface area contributed by atoms with Gasteiger partial charge in [-0.2, -0.15) is 0 Å². The smallest absolute Gasteiger partial charge is 0.337 e. The minimum atomic E-state index is -0.462. The van der Waals surface area contributed by atoms with Gasteiger partial charge in [-0.05, 0) is 37.6 Å². The van der Waals surface area contributed by atoms with E-state index in [1.807, 2.05) is 0 Å². The van der Waals surface area contributed by atoms with Crippen LogP contribution in [0.2, 0.25) is 0 Å². The molecular weight excluding hydrogens is 258 g/mol. The highest BCUT2D eigenvalue weighted by molar-refractivity contribution is 5.99. The zero-order chi connectivity index (χ0) is 14.5. The van der Waals surface area contributed by atoms with E-state index in [0.717, 1.165) is 25.8 Å². The molecule has 20 heavy (non-hydrogen) atoms. The summed E-state index contributed by atoms with van der Waals surface area (Å²) in [5.41, 5.74) is 7.03. The third-order valence-electron chi connectivity index (χ3n) is 3.36. The molecule has 0 saturated carbocycles. The Kier molecular flexibility index (Phi) is 4.57. The predicted molar refractivity (Wildman–Crippen MR) is 76.5 cm³/mol. The molecule has 1 aliphatic rings. The number of hydrogen-bond acceptors (Lipinski definition) is 5. The number of nitrogens with one attached hydrogen (secondary N) is 2. The Bertz CT molecular complexity index is 510. The maximum atomic E-state index is 12.1. The van der Waals surface area contributed by atoms with Crippen molar-refractivity contribution < 1.29 is 14.3 Å². The third-order valence-corrected chi connectivity index (χ3v) is 3.36. The SMILES string of the molecule is COC(=O)c1ccc(N)c(NC(=O)C2CCCCN2)c1. The van der Waals surface area contributed by atoms with E-state index in [-0.39, 0.29) is 11.9 Å². The first-order valence-electron chi connectivity index (χ1n) is 6.64. The zero-order valence-corrected chi connectivity index (χ0v) is 11.4. The van der Waals surface area contributed by atoms with Gasteiger partial charge in [-0.15, -0.1) is 0 Å². The molecule has 108 valence electrons. The van der Waals surface area contributed by atoms with Crippen LogP contribution in [0.5, 0.6) is 0 Å². The van der Waals surface area contributed by atoms with Crippen molar-refractivity contribution in [3.63, 3.8) is 0 Å². The van der Waals surface area contributed by atoms with Crippen LogP contribution in [0, 0.1) is 0 Å². The van der Waals surface area contributed by atoms with Gasteiger partial charge in [-0.3, -0.25) is 4.79 Å². The monoisotopic (exact) mass is 277 g/mol. The second-order valence-electron chi connectivity index (χ2n) is 4.79. The zero-order valence-electron chi connectivity index (χ0n) is 11.4. The molecule has 1 unspecified atom stereocenters. The van der Waals surface area contributed by atoms with Gasteiger partial charge in [0.1, 0.15) is 0 Å². The molecule has 1 aromatic carbocycles. The van der Waals surface area contributed by atoms with E-state index in [2.05, 4.69) is 15.4 Å². The van der Waals surface area contributed by atoms with Crippen LogP contribution >= 0.6 is 0 Å². The Morgan fingerprint density at radius 1 is 1.40 bits per heavy atom. The number of esters is 1. The lowest BCUT2D eigenvalue weighted by atomic mass is 10.0. The summed E-state index contributed by atoms with van der Waals surface area (Å²) in [7, 11) is 1.31. The van der Waals surface area contributed by atoms with Crippen LogP contribution in [0.3, 0.4) is 0 Å². The molecule has 1 aliphatic heterocycles. The number of nitrogen functional groups attached to an aromatic ring is 1. The second-order valence-corrected chi connectivity index (χ2v) is 4.79. The van der Waals surface area contributed by atoms with Crippen LogP contribution in [0.25, 0.3) is 0 Å². The summed E-state index contributed by atoms with van der Waals surface area (Å²) >= 11 is 0. The van der Waals surface area contributed by atoms with Crippen LogP contribution in [0.15, 0.2) is 18.2 Å². The van der Waals surface area contributed by atoms with Crippen molar-refractivity contribution in [2.24, 2.45) is 0 Å². The highest BCUT2D eigenvalue weighted by Crippen LogP contribution is 2.21. The molecule has 0 radical (unpaired) electrons. The largest absolute Gasteiger partial charge is 0.465 e. The summed E-state index contributed by atoms with van der Waals surface area (Å²) in [4.78, 5) is 23.6. The van der Waals surface area contributed by atoms with Gasteiger partial charge in [0.15, 0.2) is 0 Å². The molecule has 2 rings (SSSR count). The number of hydrogen-bond donors (Lipinski definition) is 3. The number of piperidine rings is 1. The van der Waals surface area contributed by atoms with E-state index in [9.17, 15) is 9.59 Å². The molecule has 1 heterocycles. The number of carbonyl (C=O) groups is 2. The highest BCUT2D eigenvalue weighted by Gasteiger charge is 2.21. The maximum Gasteiger partial charge on any atom is 0.337 e. The van der Waals surface area contributed by atoms with Gasteiger partial charge in [-0.1, -0.05) is 6.42 Å². The minimum absolute atomic E-state index is 0.126. The van der Waals surface area contributed by atoms with Gasteiger partial charge in [0.2, 0.25) is 5.91 Å². The molecule has 0 aliphatic carbocycles. The highest BCUT2D eigenvalue weighted by atomic mass is 16.5. The average Bonchev–Trinajstić information content (AvgIpc) is 2.49. The third kappa shape index (κ3) is 3.27. The van der Waals surface area contributed by atoms with Crippen molar-refractivity contribution in [3.8, 4) is 0 Å². The van der Waals surface area contributed by atoms with Crippen LogP contribution in [0.1, 0.15) is 29.6 Å². The summed E-state index contributed by atoms with van der Waals surface area (Å²) in [6, 6.07) is 4.47. The van der Waals surface area contributed by atoms with Gasteiger partial charge in [0.25, 0.3) is 0 Å². The molecule has 1 amide bonds. The van der Waals surface area contributed by atoms with E-state index in [1.54, 1.807) is 12.1 Å². The molecule has 0 bridgehead atoms. The number of carbonyl (C=O) groups excluding carboxylic acids is 2. The van der Waals surface area contributed by atoms with Crippen molar-refractivity contribution in [2.75, 3.05) is 24.7 Å². The average molecular weight is 277 g/mol. The second kappa shape index (κ2) is 6.38. The standard InChI is InChI=1S/C14H19N3O3/c1-20-14(19)9-5-6-10(15)12(8-9)17-13(18)11-4-2-3-7-16-11/h5-6,8,11,16H,2-4,7,15H2,1H3,(H,17,18). The van der Waals surface area contributed by atoms with Gasteiger partial charge in [-0.25, -0.2) is 4.79 Å². The number of methoxy groups -OCH3 is 1. The summed E-state index contributed by atoms with van der Waals surface area (Å²) in [6.45, 7) is 0.843. The van der Waals surface area contributed by atoms with E-state index in [4.69, 9.17) is 5.73 Å². The summed E-state index contributed by atoms with van der Waals surface area (Å²) in [5, 5.41) is 5.93. The molecule has 0 aromatic heterocycles. The normalized spacial score (nSPS) is 18.4. The molecule has 0 spiro atoms. The summed E-state index contributed by atoms with van der Waals surface area (Å²) in [5.74, 6) is -0.588. The number of benzene rings is 1. The number of ether oxygens (including phenoxy) is 1. The molecule has 1 aromatic rings. The Hall–Kier alpha value is -2.08. The molecule has 1 fully saturated rings. The molecule has 6 heteroatoms. The quantitative estimate of drug-likeness (QED) is 0.569. The van der Waals surface area contributed by atoms with E-state index >= 15 is 0 Å². The van der Waals surface area contributed by atoms with Crippen molar-refractivity contribution in [3.05, 3.63) is 23.8 Å². The fourth-order valence-corrected chi connectivity index (χ4v) is 2.20. The predicted octanol–water partition coefficient (Wildman–Crippen LogP) is 1.14. The Balaban J connectivity index is 2.11. The molecular formula is C14H19N3O3. The lowest BCUT2D eigenvalue weighted by Gasteiger charge is -2.23. The van der Waals surface area contributed by atoms with Crippen LogP contribution in [-0.4, -0.2) is 31.6 Å².